The van der Waals surface area contributed by atoms with E-state index in [1.54, 1.807) is 4.52 Å². The van der Waals surface area contributed by atoms with Crippen LogP contribution in [0.4, 0.5) is 13.2 Å². The predicted octanol–water partition coefficient (Wildman–Crippen LogP) is 3.17. The third kappa shape index (κ3) is 3.37. The van der Waals surface area contributed by atoms with Gasteiger partial charge in [0.05, 0.1) is 17.3 Å². The van der Waals surface area contributed by atoms with Gasteiger partial charge < -0.3 is 10.8 Å². The minimum absolute atomic E-state index is 0.0104. The monoisotopic (exact) mass is 356 g/mol. The van der Waals surface area contributed by atoms with Crippen LogP contribution in [0.2, 0.25) is 0 Å². The van der Waals surface area contributed by atoms with Crippen LogP contribution in [0.3, 0.4) is 0 Å². The van der Waals surface area contributed by atoms with E-state index in [9.17, 15) is 18.3 Å². The zero-order chi connectivity index (χ0) is 18.4. The summed E-state index contributed by atoms with van der Waals surface area (Å²) in [6.45, 7) is 3.76. The molecule has 2 aromatic heterocycles. The van der Waals surface area contributed by atoms with Crippen molar-refractivity contribution in [2.24, 2.45) is 11.7 Å². The highest BCUT2D eigenvalue weighted by atomic mass is 19.4. The topological polar surface area (TPSA) is 76.4 Å². The maximum atomic E-state index is 12.8. The fraction of sp³-hybridized carbons (Fsp3) is 0.647. The first kappa shape index (κ1) is 18.1. The van der Waals surface area contributed by atoms with Crippen molar-refractivity contribution in [1.82, 2.24) is 14.6 Å². The Kier molecular flexibility index (Phi) is 4.76. The second-order valence-electron chi connectivity index (χ2n) is 6.89. The zero-order valence-electron chi connectivity index (χ0n) is 14.3. The highest BCUT2D eigenvalue weighted by molar-refractivity contribution is 5.45. The molecule has 8 heteroatoms. The van der Waals surface area contributed by atoms with Crippen molar-refractivity contribution in [2.45, 2.75) is 57.7 Å². The molecule has 0 radical (unpaired) electrons. The first-order valence-corrected chi connectivity index (χ1v) is 8.54. The van der Waals surface area contributed by atoms with Gasteiger partial charge in [-0.2, -0.15) is 18.3 Å². The van der Waals surface area contributed by atoms with E-state index < -0.39 is 18.2 Å². The molecule has 1 saturated carbocycles. The molecule has 1 aliphatic rings. The number of hydrogen-bond donors (Lipinski definition) is 2. The molecular weight excluding hydrogens is 333 g/mol. The maximum absolute atomic E-state index is 12.8. The summed E-state index contributed by atoms with van der Waals surface area (Å²) in [7, 11) is 0. The molecule has 25 heavy (non-hydrogen) atoms. The Labute approximate surface area is 144 Å². The first-order chi connectivity index (χ1) is 11.7. The van der Waals surface area contributed by atoms with E-state index in [1.165, 1.54) is 0 Å². The van der Waals surface area contributed by atoms with Gasteiger partial charge in [-0.1, -0.05) is 0 Å². The largest absolute Gasteiger partial charge is 0.391 e. The van der Waals surface area contributed by atoms with Gasteiger partial charge in [0.2, 0.25) is 0 Å². The summed E-state index contributed by atoms with van der Waals surface area (Å²) in [6.07, 6.45) is -3.80. The second kappa shape index (κ2) is 6.57. The van der Waals surface area contributed by atoms with Crippen molar-refractivity contribution in [2.75, 3.05) is 6.54 Å². The normalized spacial score (nSPS) is 23.2. The number of fused-ring (bicyclic) bond motifs is 1. The smallest absolute Gasteiger partial charge is 0.385 e. The lowest BCUT2D eigenvalue weighted by atomic mass is 9.80. The predicted molar refractivity (Wildman–Crippen MR) is 87.2 cm³/mol. The van der Waals surface area contributed by atoms with Gasteiger partial charge in [-0.05, 0) is 45.1 Å². The molecule has 0 saturated heterocycles. The molecule has 1 aliphatic carbocycles. The summed E-state index contributed by atoms with van der Waals surface area (Å²) >= 11 is 0. The van der Waals surface area contributed by atoms with E-state index >= 15 is 0 Å². The minimum atomic E-state index is -4.11. The molecule has 0 unspecified atom stereocenters. The number of hydrogen-bond acceptors (Lipinski definition) is 4. The summed E-state index contributed by atoms with van der Waals surface area (Å²) in [6, 6.07) is 1.82. The quantitative estimate of drug-likeness (QED) is 0.886. The molecular formula is C17H23F3N4O. The molecule has 2 aromatic rings. The molecule has 1 atom stereocenters. The van der Waals surface area contributed by atoms with E-state index in [0.29, 0.717) is 24.2 Å². The molecule has 0 bridgehead atoms. The molecule has 2 heterocycles. The number of aromatic nitrogens is 3. The molecule has 5 nitrogen and oxygen atoms in total. The molecule has 1 fully saturated rings. The van der Waals surface area contributed by atoms with Crippen molar-refractivity contribution in [1.29, 1.82) is 0 Å². The first-order valence-electron chi connectivity index (χ1n) is 8.54. The molecule has 138 valence electrons. The van der Waals surface area contributed by atoms with Gasteiger partial charge in [-0.15, -0.1) is 0 Å². The van der Waals surface area contributed by atoms with Crippen LogP contribution in [0.25, 0.3) is 5.65 Å². The van der Waals surface area contributed by atoms with Gasteiger partial charge in [0.25, 0.3) is 0 Å². The van der Waals surface area contributed by atoms with Crippen LogP contribution in [0, 0.1) is 19.8 Å². The highest BCUT2D eigenvalue weighted by Crippen LogP contribution is 2.42. The van der Waals surface area contributed by atoms with Crippen LogP contribution in [0.1, 0.15) is 60.4 Å². The number of aliphatic hydroxyl groups excluding tert-OH is 1. The van der Waals surface area contributed by atoms with E-state index in [4.69, 9.17) is 5.73 Å². The molecule has 3 rings (SSSR count). The Bertz CT molecular complexity index is 763. The summed E-state index contributed by atoms with van der Waals surface area (Å²) in [5, 5.41) is 14.8. The summed E-state index contributed by atoms with van der Waals surface area (Å²) in [5.41, 5.74) is 9.13. The third-order valence-electron chi connectivity index (χ3n) is 5.29. The van der Waals surface area contributed by atoms with Gasteiger partial charge in [0.1, 0.15) is 6.10 Å². The number of alkyl halides is 3. The molecule has 3 N–H and O–H groups in total. The Balaban J connectivity index is 1.92. The summed E-state index contributed by atoms with van der Waals surface area (Å²) < 4.78 is 40.1. The van der Waals surface area contributed by atoms with Crippen LogP contribution in [-0.2, 0) is 0 Å². The van der Waals surface area contributed by atoms with Crippen molar-refractivity contribution in [3.63, 3.8) is 0 Å². The van der Waals surface area contributed by atoms with Crippen molar-refractivity contribution >= 4 is 5.65 Å². The van der Waals surface area contributed by atoms with Crippen molar-refractivity contribution < 1.29 is 18.3 Å². The summed E-state index contributed by atoms with van der Waals surface area (Å²) in [4.78, 5) is 4.49. The van der Waals surface area contributed by atoms with Gasteiger partial charge in [0.15, 0.2) is 5.65 Å². The maximum Gasteiger partial charge on any atom is 0.391 e. The van der Waals surface area contributed by atoms with Gasteiger partial charge in [-0.25, -0.2) is 9.50 Å². The van der Waals surface area contributed by atoms with Crippen LogP contribution in [0.15, 0.2) is 6.07 Å². The molecule has 0 aromatic carbocycles. The van der Waals surface area contributed by atoms with Gasteiger partial charge >= 0.3 is 6.18 Å². The molecule has 0 spiro atoms. The van der Waals surface area contributed by atoms with Gasteiger partial charge in [0, 0.05) is 24.2 Å². The number of halogens is 3. The lowest BCUT2D eigenvalue weighted by Gasteiger charge is -2.28. The SMILES string of the molecule is Cc1nc2cc(C3CCC(C(F)(F)F)CC3)nn2c([C@H](O)CN)c1C. The van der Waals surface area contributed by atoms with Crippen molar-refractivity contribution in [3.8, 4) is 0 Å². The number of nitrogens with zero attached hydrogens (tertiary/aromatic N) is 3. The van der Waals surface area contributed by atoms with E-state index in [-0.39, 0.29) is 25.3 Å². The van der Waals surface area contributed by atoms with Gasteiger partial charge in [-0.3, -0.25) is 0 Å². The lowest BCUT2D eigenvalue weighted by molar-refractivity contribution is -0.182. The van der Waals surface area contributed by atoms with Crippen LogP contribution >= 0.6 is 0 Å². The fourth-order valence-electron chi connectivity index (χ4n) is 3.66. The molecule has 0 aliphatic heterocycles. The number of aliphatic hydroxyl groups is 1. The highest BCUT2D eigenvalue weighted by Gasteiger charge is 2.42. The number of nitrogens with two attached hydrogens (primary N) is 1. The fourth-order valence-corrected chi connectivity index (χ4v) is 3.66. The van der Waals surface area contributed by atoms with Crippen LogP contribution in [0.5, 0.6) is 0 Å². The average molecular weight is 356 g/mol. The van der Waals surface area contributed by atoms with E-state index in [1.807, 2.05) is 19.9 Å². The molecule has 0 amide bonds. The Morgan fingerprint density at radius 2 is 1.92 bits per heavy atom. The lowest BCUT2D eigenvalue weighted by Crippen LogP contribution is -2.27. The zero-order valence-corrected chi connectivity index (χ0v) is 14.3. The van der Waals surface area contributed by atoms with Crippen LogP contribution in [-0.4, -0.2) is 32.4 Å². The van der Waals surface area contributed by atoms with E-state index in [0.717, 1.165) is 17.0 Å². The Morgan fingerprint density at radius 1 is 1.28 bits per heavy atom. The number of aryl methyl sites for hydroxylation is 1. The Morgan fingerprint density at radius 3 is 2.48 bits per heavy atom. The summed E-state index contributed by atoms with van der Waals surface area (Å²) in [5.74, 6) is -1.22. The number of rotatable bonds is 3. The minimum Gasteiger partial charge on any atom is -0.385 e. The van der Waals surface area contributed by atoms with Crippen molar-refractivity contribution in [3.05, 3.63) is 28.7 Å². The van der Waals surface area contributed by atoms with Crippen LogP contribution < -0.4 is 5.73 Å². The average Bonchev–Trinajstić information content (AvgIpc) is 2.98. The standard InChI is InChI=1S/C17H23F3N4O/c1-9-10(2)22-15-7-13(23-24(15)16(9)14(25)8-21)11-3-5-12(6-4-11)17(18,19)20/h7,11-12,14,25H,3-6,8,21H2,1-2H3/t11?,12?,14-/m1/s1. The van der Waals surface area contributed by atoms with E-state index in [2.05, 4.69) is 10.1 Å². The Hall–Kier alpha value is -1.67. The second-order valence-corrected chi connectivity index (χ2v) is 6.89. The third-order valence-corrected chi connectivity index (χ3v) is 5.29.